The van der Waals surface area contributed by atoms with Crippen molar-refractivity contribution < 1.29 is 0 Å². The fraction of sp³-hybridized carbons (Fsp3) is 0.333. The van der Waals surface area contributed by atoms with Gasteiger partial charge in [0.1, 0.15) is 0 Å². The van der Waals surface area contributed by atoms with Gasteiger partial charge in [-0.15, -0.1) is 0 Å². The molecule has 0 radical (unpaired) electrons. The van der Waals surface area contributed by atoms with E-state index < -0.39 is 0 Å². The second-order valence-electron chi connectivity index (χ2n) is 5.64. The van der Waals surface area contributed by atoms with Crippen molar-refractivity contribution in [2.45, 2.75) is 25.9 Å². The van der Waals surface area contributed by atoms with Crippen molar-refractivity contribution in [2.24, 2.45) is 5.73 Å². The molecule has 0 aliphatic carbocycles. The van der Waals surface area contributed by atoms with Crippen LogP contribution in [-0.2, 0) is 13.0 Å². The summed E-state index contributed by atoms with van der Waals surface area (Å²) in [7, 11) is 2.13. The van der Waals surface area contributed by atoms with Gasteiger partial charge in [0.15, 0.2) is 0 Å². The molecular weight excluding hydrogens is 244 g/mol. The lowest BCUT2D eigenvalue weighted by Crippen LogP contribution is -2.36. The zero-order valence-corrected chi connectivity index (χ0v) is 12.4. The largest absolute Gasteiger partial charge is 0.326 e. The van der Waals surface area contributed by atoms with Crippen LogP contribution in [-0.4, -0.2) is 24.5 Å². The summed E-state index contributed by atoms with van der Waals surface area (Å²) >= 11 is 0. The fourth-order valence-corrected chi connectivity index (χ4v) is 2.57. The molecule has 2 aromatic carbocycles. The number of aryl methyl sites for hydroxylation is 1. The Morgan fingerprint density at radius 2 is 1.70 bits per heavy atom. The van der Waals surface area contributed by atoms with Crippen molar-refractivity contribution in [3.8, 4) is 0 Å². The summed E-state index contributed by atoms with van der Waals surface area (Å²) in [6.07, 6.45) is 0.930. The molecule has 0 bridgehead atoms. The molecule has 2 aromatic rings. The van der Waals surface area contributed by atoms with Crippen LogP contribution in [0.15, 0.2) is 54.6 Å². The Kier molecular flexibility index (Phi) is 5.33. The third-order valence-electron chi connectivity index (χ3n) is 3.42. The maximum atomic E-state index is 6.25. The number of nitrogens with zero attached hydrogens (tertiary/aromatic N) is 1. The SMILES string of the molecule is Cc1cccc(CN(C)CC(N)Cc2ccccc2)c1. The number of hydrogen-bond donors (Lipinski definition) is 1. The number of benzene rings is 2. The van der Waals surface area contributed by atoms with E-state index in [0.717, 1.165) is 19.5 Å². The van der Waals surface area contributed by atoms with E-state index in [4.69, 9.17) is 5.73 Å². The second-order valence-corrected chi connectivity index (χ2v) is 5.64. The topological polar surface area (TPSA) is 29.3 Å². The van der Waals surface area contributed by atoms with Gasteiger partial charge in [-0.05, 0) is 31.5 Å². The highest BCUT2D eigenvalue weighted by atomic mass is 15.1. The van der Waals surface area contributed by atoms with E-state index >= 15 is 0 Å². The monoisotopic (exact) mass is 268 g/mol. The van der Waals surface area contributed by atoms with Gasteiger partial charge in [0.2, 0.25) is 0 Å². The summed E-state index contributed by atoms with van der Waals surface area (Å²) in [5.41, 5.74) is 10.2. The molecular formula is C18H24N2. The maximum absolute atomic E-state index is 6.25. The summed E-state index contributed by atoms with van der Waals surface area (Å²) in [5.74, 6) is 0. The number of hydrogen-bond acceptors (Lipinski definition) is 2. The first kappa shape index (κ1) is 14.8. The smallest absolute Gasteiger partial charge is 0.0231 e. The van der Waals surface area contributed by atoms with Crippen LogP contribution < -0.4 is 5.73 Å². The van der Waals surface area contributed by atoms with Crippen LogP contribution >= 0.6 is 0 Å². The Morgan fingerprint density at radius 3 is 2.40 bits per heavy atom. The van der Waals surface area contributed by atoms with E-state index in [9.17, 15) is 0 Å². The minimum absolute atomic E-state index is 0.173. The molecule has 0 heterocycles. The molecule has 2 nitrogen and oxygen atoms in total. The third kappa shape index (κ3) is 4.80. The van der Waals surface area contributed by atoms with E-state index in [1.807, 2.05) is 6.07 Å². The van der Waals surface area contributed by atoms with Crippen molar-refractivity contribution in [3.63, 3.8) is 0 Å². The Morgan fingerprint density at radius 1 is 1.00 bits per heavy atom. The van der Waals surface area contributed by atoms with E-state index in [0.29, 0.717) is 0 Å². The predicted molar refractivity (Wildman–Crippen MR) is 85.6 cm³/mol. The predicted octanol–water partition coefficient (Wildman–Crippen LogP) is 3.00. The number of rotatable bonds is 6. The molecule has 0 spiro atoms. The van der Waals surface area contributed by atoms with Crippen LogP contribution in [0.1, 0.15) is 16.7 Å². The van der Waals surface area contributed by atoms with E-state index in [2.05, 4.69) is 67.4 Å². The van der Waals surface area contributed by atoms with Gasteiger partial charge in [-0.2, -0.15) is 0 Å². The molecule has 0 aliphatic heterocycles. The molecule has 2 heteroatoms. The standard InChI is InChI=1S/C18H24N2/c1-15-7-6-10-17(11-15)13-20(2)14-18(19)12-16-8-4-3-5-9-16/h3-11,18H,12-14,19H2,1-2H3. The van der Waals surface area contributed by atoms with Gasteiger partial charge in [-0.25, -0.2) is 0 Å². The molecule has 20 heavy (non-hydrogen) atoms. The minimum atomic E-state index is 0.173. The quantitative estimate of drug-likeness (QED) is 0.872. The zero-order valence-electron chi connectivity index (χ0n) is 12.4. The highest BCUT2D eigenvalue weighted by molar-refractivity contribution is 5.22. The first-order valence-corrected chi connectivity index (χ1v) is 7.17. The summed E-state index contributed by atoms with van der Waals surface area (Å²) in [6, 6.07) is 19.3. The van der Waals surface area contributed by atoms with Gasteiger partial charge in [-0.1, -0.05) is 60.2 Å². The normalized spacial score (nSPS) is 12.6. The van der Waals surface area contributed by atoms with Crippen molar-refractivity contribution in [3.05, 3.63) is 71.3 Å². The van der Waals surface area contributed by atoms with Gasteiger partial charge in [0.05, 0.1) is 0 Å². The summed E-state index contributed by atoms with van der Waals surface area (Å²) in [4.78, 5) is 2.29. The lowest BCUT2D eigenvalue weighted by Gasteiger charge is -2.21. The average Bonchev–Trinajstić information content (AvgIpc) is 2.39. The molecule has 1 atom stereocenters. The Labute approximate surface area is 122 Å². The highest BCUT2D eigenvalue weighted by Gasteiger charge is 2.08. The van der Waals surface area contributed by atoms with Crippen molar-refractivity contribution in [2.75, 3.05) is 13.6 Å². The van der Waals surface area contributed by atoms with Gasteiger partial charge in [-0.3, -0.25) is 0 Å². The average molecular weight is 268 g/mol. The third-order valence-corrected chi connectivity index (χ3v) is 3.42. The van der Waals surface area contributed by atoms with Gasteiger partial charge in [0.25, 0.3) is 0 Å². The highest BCUT2D eigenvalue weighted by Crippen LogP contribution is 2.08. The molecule has 0 saturated heterocycles. The minimum Gasteiger partial charge on any atom is -0.326 e. The Hall–Kier alpha value is -1.64. The molecule has 0 aromatic heterocycles. The zero-order chi connectivity index (χ0) is 14.4. The second kappa shape index (κ2) is 7.22. The molecule has 0 amide bonds. The molecule has 0 aliphatic rings. The molecule has 0 fully saturated rings. The van der Waals surface area contributed by atoms with Gasteiger partial charge in [0, 0.05) is 19.1 Å². The van der Waals surface area contributed by atoms with E-state index in [-0.39, 0.29) is 6.04 Å². The molecule has 0 saturated carbocycles. The number of nitrogens with two attached hydrogens (primary N) is 1. The van der Waals surface area contributed by atoms with E-state index in [1.54, 1.807) is 0 Å². The van der Waals surface area contributed by atoms with Crippen molar-refractivity contribution >= 4 is 0 Å². The van der Waals surface area contributed by atoms with Crippen LogP contribution in [0.5, 0.6) is 0 Å². The first-order valence-electron chi connectivity index (χ1n) is 7.17. The molecule has 2 N–H and O–H groups in total. The number of likely N-dealkylation sites (N-methyl/N-ethyl adjacent to an activating group) is 1. The van der Waals surface area contributed by atoms with Gasteiger partial charge < -0.3 is 10.6 Å². The van der Waals surface area contributed by atoms with Crippen molar-refractivity contribution in [1.82, 2.24) is 4.90 Å². The lowest BCUT2D eigenvalue weighted by atomic mass is 10.1. The first-order chi connectivity index (χ1) is 9.63. The van der Waals surface area contributed by atoms with Crippen LogP contribution in [0, 0.1) is 6.92 Å². The van der Waals surface area contributed by atoms with Crippen LogP contribution in [0.2, 0.25) is 0 Å². The van der Waals surface area contributed by atoms with Crippen LogP contribution in [0.4, 0.5) is 0 Å². The summed E-state index contributed by atoms with van der Waals surface area (Å²) in [5, 5.41) is 0. The molecule has 1 unspecified atom stereocenters. The van der Waals surface area contributed by atoms with Crippen LogP contribution in [0.25, 0.3) is 0 Å². The summed E-state index contributed by atoms with van der Waals surface area (Å²) < 4.78 is 0. The lowest BCUT2D eigenvalue weighted by molar-refractivity contribution is 0.302. The molecule has 2 rings (SSSR count). The maximum Gasteiger partial charge on any atom is 0.0231 e. The van der Waals surface area contributed by atoms with Gasteiger partial charge >= 0.3 is 0 Å². The fourth-order valence-electron chi connectivity index (χ4n) is 2.57. The van der Waals surface area contributed by atoms with E-state index in [1.165, 1.54) is 16.7 Å². The molecule has 106 valence electrons. The van der Waals surface area contributed by atoms with Crippen LogP contribution in [0.3, 0.4) is 0 Å². The Balaban J connectivity index is 1.83. The summed E-state index contributed by atoms with van der Waals surface area (Å²) in [6.45, 7) is 3.98. The Bertz CT molecular complexity index is 522. The van der Waals surface area contributed by atoms with Crippen molar-refractivity contribution in [1.29, 1.82) is 0 Å².